The Morgan fingerprint density at radius 2 is 2.05 bits per heavy atom. The summed E-state index contributed by atoms with van der Waals surface area (Å²) >= 11 is 0. The van der Waals surface area contributed by atoms with Crippen LogP contribution in [0.4, 0.5) is 5.82 Å². The smallest absolute Gasteiger partial charge is 0.152 e. The standard InChI is InChI=1S/C15H20N6/c1-3-12-8-13(17-10(2)16-12)20-6-7-21-14(9-20)18-19-15(21)11-4-5-11/h8,11H,3-7,9H2,1-2H3. The lowest BCUT2D eigenvalue weighted by Crippen LogP contribution is -2.35. The van der Waals surface area contributed by atoms with E-state index in [1.54, 1.807) is 0 Å². The normalized spacial score (nSPS) is 17.9. The van der Waals surface area contributed by atoms with Crippen LogP contribution < -0.4 is 4.90 Å². The topological polar surface area (TPSA) is 59.7 Å². The van der Waals surface area contributed by atoms with E-state index >= 15 is 0 Å². The van der Waals surface area contributed by atoms with E-state index in [0.29, 0.717) is 5.92 Å². The second-order valence-corrected chi connectivity index (χ2v) is 5.94. The Morgan fingerprint density at radius 3 is 2.81 bits per heavy atom. The SMILES string of the molecule is CCc1cc(N2CCn3c(nnc3C3CC3)C2)nc(C)n1. The second-order valence-electron chi connectivity index (χ2n) is 5.94. The molecule has 0 radical (unpaired) electrons. The molecule has 0 N–H and O–H groups in total. The van der Waals surface area contributed by atoms with Crippen LogP contribution in [0.15, 0.2) is 6.07 Å². The van der Waals surface area contributed by atoms with Crippen LogP contribution in [-0.4, -0.2) is 31.3 Å². The zero-order valence-electron chi connectivity index (χ0n) is 12.6. The van der Waals surface area contributed by atoms with E-state index in [2.05, 4.69) is 42.6 Å². The molecule has 1 fully saturated rings. The molecule has 21 heavy (non-hydrogen) atoms. The van der Waals surface area contributed by atoms with Gasteiger partial charge in [0.2, 0.25) is 0 Å². The average Bonchev–Trinajstić information content (AvgIpc) is 3.25. The minimum atomic E-state index is 0.658. The molecule has 1 aliphatic heterocycles. The van der Waals surface area contributed by atoms with Crippen LogP contribution in [-0.2, 0) is 19.5 Å². The van der Waals surface area contributed by atoms with Crippen molar-refractivity contribution in [1.29, 1.82) is 0 Å². The predicted molar refractivity (Wildman–Crippen MR) is 79.2 cm³/mol. The summed E-state index contributed by atoms with van der Waals surface area (Å²) in [4.78, 5) is 11.3. The van der Waals surface area contributed by atoms with Gasteiger partial charge in [-0.3, -0.25) is 0 Å². The highest BCUT2D eigenvalue weighted by Crippen LogP contribution is 2.39. The predicted octanol–water partition coefficient (Wildman–Crippen LogP) is 1.84. The number of hydrogen-bond acceptors (Lipinski definition) is 5. The molecule has 0 aromatic carbocycles. The molecular weight excluding hydrogens is 264 g/mol. The summed E-state index contributed by atoms with van der Waals surface area (Å²) in [6.07, 6.45) is 3.48. The molecule has 0 spiro atoms. The lowest BCUT2D eigenvalue weighted by atomic mass is 10.2. The van der Waals surface area contributed by atoms with Gasteiger partial charge in [-0.2, -0.15) is 0 Å². The van der Waals surface area contributed by atoms with Gasteiger partial charge in [-0.05, 0) is 26.2 Å². The van der Waals surface area contributed by atoms with Gasteiger partial charge in [0, 0.05) is 30.8 Å². The second kappa shape index (κ2) is 4.79. The Morgan fingerprint density at radius 1 is 1.19 bits per heavy atom. The number of aryl methyl sites for hydroxylation is 2. The van der Waals surface area contributed by atoms with Gasteiger partial charge in [0.05, 0.1) is 6.54 Å². The Balaban J connectivity index is 1.61. The number of aromatic nitrogens is 5. The highest BCUT2D eigenvalue weighted by atomic mass is 15.4. The molecule has 0 amide bonds. The first-order valence-corrected chi connectivity index (χ1v) is 7.76. The maximum absolute atomic E-state index is 4.59. The Labute approximate surface area is 124 Å². The van der Waals surface area contributed by atoms with Gasteiger partial charge in [-0.1, -0.05) is 6.92 Å². The van der Waals surface area contributed by atoms with Gasteiger partial charge < -0.3 is 9.47 Å². The first kappa shape index (κ1) is 12.7. The van der Waals surface area contributed by atoms with Crippen molar-refractivity contribution in [1.82, 2.24) is 24.7 Å². The molecule has 2 aromatic heterocycles. The van der Waals surface area contributed by atoms with Gasteiger partial charge in [0.15, 0.2) is 5.82 Å². The van der Waals surface area contributed by atoms with Gasteiger partial charge in [0.1, 0.15) is 17.5 Å². The van der Waals surface area contributed by atoms with Crippen LogP contribution in [0.2, 0.25) is 0 Å². The lowest BCUT2D eigenvalue weighted by molar-refractivity contribution is 0.539. The van der Waals surface area contributed by atoms with Gasteiger partial charge in [0.25, 0.3) is 0 Å². The molecule has 2 aromatic rings. The number of nitrogens with zero attached hydrogens (tertiary/aromatic N) is 6. The van der Waals surface area contributed by atoms with E-state index in [4.69, 9.17) is 0 Å². The molecule has 2 aliphatic rings. The van der Waals surface area contributed by atoms with E-state index < -0.39 is 0 Å². The molecule has 0 bridgehead atoms. The summed E-state index contributed by atoms with van der Waals surface area (Å²) in [5.74, 6) is 4.78. The third kappa shape index (κ3) is 2.28. The summed E-state index contributed by atoms with van der Waals surface area (Å²) in [6, 6.07) is 2.10. The van der Waals surface area contributed by atoms with Crippen LogP contribution >= 0.6 is 0 Å². The van der Waals surface area contributed by atoms with Crippen molar-refractivity contribution in [3.8, 4) is 0 Å². The fourth-order valence-corrected chi connectivity index (χ4v) is 2.97. The fraction of sp³-hybridized carbons (Fsp3) is 0.600. The summed E-state index contributed by atoms with van der Waals surface area (Å²) in [7, 11) is 0. The van der Waals surface area contributed by atoms with Crippen LogP contribution in [0, 0.1) is 6.92 Å². The Hall–Kier alpha value is -1.98. The molecule has 4 rings (SSSR count). The van der Waals surface area contributed by atoms with Crippen molar-refractivity contribution in [2.75, 3.05) is 11.4 Å². The highest BCUT2D eigenvalue weighted by molar-refractivity contribution is 5.41. The molecule has 0 atom stereocenters. The summed E-state index contributed by atoms with van der Waals surface area (Å²) < 4.78 is 2.31. The van der Waals surface area contributed by atoms with Crippen molar-refractivity contribution in [2.24, 2.45) is 0 Å². The lowest BCUT2D eigenvalue weighted by Gasteiger charge is -2.29. The van der Waals surface area contributed by atoms with Crippen molar-refractivity contribution < 1.29 is 0 Å². The molecule has 6 heteroatoms. The van der Waals surface area contributed by atoms with Gasteiger partial charge >= 0.3 is 0 Å². The highest BCUT2D eigenvalue weighted by Gasteiger charge is 2.32. The average molecular weight is 284 g/mol. The minimum Gasteiger partial charge on any atom is -0.347 e. The maximum Gasteiger partial charge on any atom is 0.152 e. The van der Waals surface area contributed by atoms with E-state index in [1.165, 1.54) is 18.7 Å². The molecular formula is C15H20N6. The van der Waals surface area contributed by atoms with Crippen molar-refractivity contribution in [2.45, 2.75) is 52.1 Å². The first-order valence-electron chi connectivity index (χ1n) is 7.76. The summed E-state index contributed by atoms with van der Waals surface area (Å²) in [6.45, 7) is 6.79. The quantitative estimate of drug-likeness (QED) is 0.860. The van der Waals surface area contributed by atoms with E-state index in [1.807, 2.05) is 6.92 Å². The monoisotopic (exact) mass is 284 g/mol. The summed E-state index contributed by atoms with van der Waals surface area (Å²) in [5, 5.41) is 8.78. The van der Waals surface area contributed by atoms with Crippen LogP contribution in [0.5, 0.6) is 0 Å². The summed E-state index contributed by atoms with van der Waals surface area (Å²) in [5.41, 5.74) is 1.10. The van der Waals surface area contributed by atoms with E-state index in [-0.39, 0.29) is 0 Å². The van der Waals surface area contributed by atoms with Crippen molar-refractivity contribution >= 4 is 5.82 Å². The Bertz CT molecular complexity index is 673. The number of rotatable bonds is 3. The van der Waals surface area contributed by atoms with Crippen molar-refractivity contribution in [3.05, 3.63) is 29.2 Å². The third-order valence-electron chi connectivity index (χ3n) is 4.29. The van der Waals surface area contributed by atoms with E-state index in [0.717, 1.165) is 49.2 Å². The van der Waals surface area contributed by atoms with Crippen LogP contribution in [0.25, 0.3) is 0 Å². The zero-order valence-corrected chi connectivity index (χ0v) is 12.6. The molecule has 0 saturated heterocycles. The fourth-order valence-electron chi connectivity index (χ4n) is 2.97. The van der Waals surface area contributed by atoms with Crippen LogP contribution in [0.3, 0.4) is 0 Å². The molecule has 1 saturated carbocycles. The van der Waals surface area contributed by atoms with E-state index in [9.17, 15) is 0 Å². The third-order valence-corrected chi connectivity index (χ3v) is 4.29. The molecule has 1 aliphatic carbocycles. The largest absolute Gasteiger partial charge is 0.347 e. The van der Waals surface area contributed by atoms with Crippen molar-refractivity contribution in [3.63, 3.8) is 0 Å². The zero-order chi connectivity index (χ0) is 14.4. The van der Waals surface area contributed by atoms with Crippen LogP contribution in [0.1, 0.15) is 48.9 Å². The number of anilines is 1. The molecule has 6 nitrogen and oxygen atoms in total. The number of hydrogen-bond donors (Lipinski definition) is 0. The minimum absolute atomic E-state index is 0.658. The molecule has 3 heterocycles. The molecule has 110 valence electrons. The number of fused-ring (bicyclic) bond motifs is 1. The first-order chi connectivity index (χ1) is 10.2. The molecule has 0 unspecified atom stereocenters. The van der Waals surface area contributed by atoms with Gasteiger partial charge in [-0.25, -0.2) is 9.97 Å². The van der Waals surface area contributed by atoms with Gasteiger partial charge in [-0.15, -0.1) is 10.2 Å². The Kier molecular flexibility index (Phi) is 2.90. The maximum atomic E-state index is 4.59.